The van der Waals surface area contributed by atoms with Crippen LogP contribution in [0.4, 0.5) is 5.13 Å². The fourth-order valence-electron chi connectivity index (χ4n) is 3.97. The van der Waals surface area contributed by atoms with Gasteiger partial charge in [-0.05, 0) is 31.7 Å². The summed E-state index contributed by atoms with van der Waals surface area (Å²) in [5.41, 5.74) is 0.383. The third kappa shape index (κ3) is 4.14. The van der Waals surface area contributed by atoms with Gasteiger partial charge in [0.25, 0.3) is 5.91 Å². The van der Waals surface area contributed by atoms with E-state index in [4.69, 9.17) is 0 Å². The Morgan fingerprint density at radius 1 is 1.17 bits per heavy atom. The van der Waals surface area contributed by atoms with Crippen molar-refractivity contribution in [1.82, 2.24) is 18.8 Å². The lowest BCUT2D eigenvalue weighted by molar-refractivity contribution is -0.120. The molecule has 0 bridgehead atoms. The highest BCUT2D eigenvalue weighted by molar-refractivity contribution is 7.89. The van der Waals surface area contributed by atoms with E-state index in [9.17, 15) is 18.0 Å². The van der Waals surface area contributed by atoms with Gasteiger partial charge in [-0.2, -0.15) is 4.31 Å². The first-order valence-electron chi connectivity index (χ1n) is 10.0. The average molecular weight is 452 g/mol. The van der Waals surface area contributed by atoms with Crippen molar-refractivity contribution in [3.8, 4) is 0 Å². The van der Waals surface area contributed by atoms with Crippen LogP contribution in [0.3, 0.4) is 0 Å². The lowest BCUT2D eigenvalue weighted by Crippen LogP contribution is -2.41. The van der Waals surface area contributed by atoms with Crippen molar-refractivity contribution in [3.63, 3.8) is 0 Å². The molecule has 1 N–H and O–H groups in total. The summed E-state index contributed by atoms with van der Waals surface area (Å²) >= 11 is 1.35. The van der Waals surface area contributed by atoms with Gasteiger partial charge in [-0.1, -0.05) is 0 Å². The molecule has 0 radical (unpaired) electrons. The summed E-state index contributed by atoms with van der Waals surface area (Å²) in [5, 5.41) is 5.12. The second kappa shape index (κ2) is 8.48. The van der Waals surface area contributed by atoms with Gasteiger partial charge in [-0.25, -0.2) is 13.4 Å². The van der Waals surface area contributed by atoms with Gasteiger partial charge in [-0.3, -0.25) is 9.59 Å². The van der Waals surface area contributed by atoms with Crippen LogP contribution in [-0.2, 0) is 21.9 Å². The van der Waals surface area contributed by atoms with Crippen LogP contribution >= 0.6 is 11.3 Å². The van der Waals surface area contributed by atoms with Gasteiger partial charge in [0.1, 0.15) is 10.6 Å². The van der Waals surface area contributed by atoms with Crippen molar-refractivity contribution < 1.29 is 18.0 Å². The first-order valence-corrected chi connectivity index (χ1v) is 12.3. The van der Waals surface area contributed by atoms with Crippen LogP contribution in [0.2, 0.25) is 0 Å². The molecule has 162 valence electrons. The molecule has 30 heavy (non-hydrogen) atoms. The third-order valence-corrected chi connectivity index (χ3v) is 8.27. The number of rotatable bonds is 5. The number of thiazole rings is 1. The van der Waals surface area contributed by atoms with Crippen molar-refractivity contribution in [2.75, 3.05) is 31.5 Å². The van der Waals surface area contributed by atoms with Gasteiger partial charge in [-0.15, -0.1) is 11.3 Å². The molecule has 2 aliphatic rings. The van der Waals surface area contributed by atoms with Gasteiger partial charge in [0.2, 0.25) is 15.9 Å². The lowest BCUT2D eigenvalue weighted by Gasteiger charge is -2.30. The van der Waals surface area contributed by atoms with E-state index in [1.54, 1.807) is 28.1 Å². The number of hydrogen-bond donors (Lipinski definition) is 1. The minimum absolute atomic E-state index is 0.123. The molecule has 2 fully saturated rings. The largest absolute Gasteiger partial charge is 0.345 e. The minimum Gasteiger partial charge on any atom is -0.345 e. The SMILES string of the molecule is Cn1cc(S(=O)(=O)N2CCC(C(=O)Nc3nccs3)CC2)cc1C(=O)N1CCCC1. The van der Waals surface area contributed by atoms with E-state index in [1.807, 2.05) is 0 Å². The summed E-state index contributed by atoms with van der Waals surface area (Å²) in [4.78, 5) is 31.0. The maximum atomic E-state index is 13.1. The van der Waals surface area contributed by atoms with E-state index in [0.29, 0.717) is 36.8 Å². The summed E-state index contributed by atoms with van der Waals surface area (Å²) in [6.45, 7) is 1.95. The van der Waals surface area contributed by atoms with Crippen molar-refractivity contribution >= 4 is 38.3 Å². The first kappa shape index (κ1) is 21.0. The maximum Gasteiger partial charge on any atom is 0.270 e. The van der Waals surface area contributed by atoms with E-state index in [0.717, 1.165) is 12.8 Å². The second-order valence-corrected chi connectivity index (χ2v) is 10.5. The number of sulfonamides is 1. The third-order valence-electron chi connectivity index (χ3n) is 5.72. The number of amides is 2. The van der Waals surface area contributed by atoms with Crippen LogP contribution in [0.5, 0.6) is 0 Å². The Hall–Kier alpha value is -2.24. The predicted molar refractivity (Wildman–Crippen MR) is 113 cm³/mol. The molecule has 2 aromatic rings. The molecule has 0 aliphatic carbocycles. The second-order valence-electron chi connectivity index (χ2n) is 7.68. The summed E-state index contributed by atoms with van der Waals surface area (Å²) < 4.78 is 29.2. The number of anilines is 1. The first-order chi connectivity index (χ1) is 14.4. The standard InChI is InChI=1S/C19H25N5O4S2/c1-22-13-15(12-16(22)18(26)23-7-2-3-8-23)30(27,28)24-9-4-14(5-10-24)17(25)21-19-20-6-11-29-19/h6,11-14H,2-5,7-10H2,1H3,(H,20,21,25). The quantitative estimate of drug-likeness (QED) is 0.746. The molecular formula is C19H25N5O4S2. The summed E-state index contributed by atoms with van der Waals surface area (Å²) in [6.07, 6.45) is 5.97. The van der Waals surface area contributed by atoms with Crippen LogP contribution in [0, 0.1) is 5.92 Å². The summed E-state index contributed by atoms with van der Waals surface area (Å²) in [5.74, 6) is -0.502. The molecule has 2 saturated heterocycles. The van der Waals surface area contributed by atoms with Gasteiger partial charge in [0, 0.05) is 56.9 Å². The Balaban J connectivity index is 1.41. The highest BCUT2D eigenvalue weighted by atomic mass is 32.2. The highest BCUT2D eigenvalue weighted by Crippen LogP contribution is 2.27. The van der Waals surface area contributed by atoms with Crippen LogP contribution in [0.15, 0.2) is 28.7 Å². The molecule has 0 aromatic carbocycles. The van der Waals surface area contributed by atoms with Crippen molar-refractivity contribution in [1.29, 1.82) is 0 Å². The van der Waals surface area contributed by atoms with Crippen LogP contribution in [-0.4, -0.2) is 65.2 Å². The zero-order chi connectivity index (χ0) is 21.3. The molecule has 0 spiro atoms. The van der Waals surface area contributed by atoms with Gasteiger partial charge in [0.05, 0.1) is 0 Å². The fraction of sp³-hybridized carbons (Fsp3) is 0.526. The van der Waals surface area contributed by atoms with Crippen molar-refractivity contribution in [2.45, 2.75) is 30.6 Å². The van der Waals surface area contributed by atoms with Crippen LogP contribution in [0.1, 0.15) is 36.2 Å². The smallest absolute Gasteiger partial charge is 0.270 e. The number of nitrogens with zero attached hydrogens (tertiary/aromatic N) is 4. The normalized spacial score (nSPS) is 18.6. The van der Waals surface area contributed by atoms with E-state index >= 15 is 0 Å². The Labute approximate surface area is 179 Å². The lowest BCUT2D eigenvalue weighted by atomic mass is 9.97. The summed E-state index contributed by atoms with van der Waals surface area (Å²) in [7, 11) is -2.03. The molecule has 4 rings (SSSR count). The Bertz CT molecular complexity index is 1020. The number of aryl methyl sites for hydroxylation is 1. The van der Waals surface area contributed by atoms with Crippen molar-refractivity contribution in [2.24, 2.45) is 13.0 Å². The zero-order valence-electron chi connectivity index (χ0n) is 16.8. The summed E-state index contributed by atoms with van der Waals surface area (Å²) in [6, 6.07) is 1.47. The Morgan fingerprint density at radius 3 is 2.50 bits per heavy atom. The van der Waals surface area contributed by atoms with E-state index in [1.165, 1.54) is 27.9 Å². The number of aromatic nitrogens is 2. The molecule has 2 amide bonds. The number of likely N-dealkylation sites (tertiary alicyclic amines) is 1. The molecule has 11 heteroatoms. The molecule has 0 unspecified atom stereocenters. The Kier molecular flexibility index (Phi) is 5.94. The van der Waals surface area contributed by atoms with Gasteiger partial charge in [0.15, 0.2) is 5.13 Å². The number of piperidine rings is 1. The molecule has 4 heterocycles. The molecule has 2 aliphatic heterocycles. The fourth-order valence-corrected chi connectivity index (χ4v) is 6.04. The van der Waals surface area contributed by atoms with Gasteiger partial charge >= 0.3 is 0 Å². The van der Waals surface area contributed by atoms with E-state index in [2.05, 4.69) is 10.3 Å². The maximum absolute atomic E-state index is 13.1. The Morgan fingerprint density at radius 2 is 1.87 bits per heavy atom. The van der Waals surface area contributed by atoms with E-state index in [-0.39, 0.29) is 35.7 Å². The zero-order valence-corrected chi connectivity index (χ0v) is 18.4. The molecule has 0 atom stereocenters. The number of carbonyl (C=O) groups is 2. The molecule has 0 saturated carbocycles. The average Bonchev–Trinajstić information content (AvgIpc) is 3.50. The van der Waals surface area contributed by atoms with Crippen LogP contribution < -0.4 is 5.32 Å². The predicted octanol–water partition coefficient (Wildman–Crippen LogP) is 1.76. The van der Waals surface area contributed by atoms with Crippen molar-refractivity contribution in [3.05, 3.63) is 29.5 Å². The van der Waals surface area contributed by atoms with E-state index < -0.39 is 10.0 Å². The number of carbonyl (C=O) groups excluding carboxylic acids is 2. The van der Waals surface area contributed by atoms with Crippen LogP contribution in [0.25, 0.3) is 0 Å². The molecule has 9 nitrogen and oxygen atoms in total. The highest BCUT2D eigenvalue weighted by Gasteiger charge is 2.34. The molecular weight excluding hydrogens is 426 g/mol. The van der Waals surface area contributed by atoms with Gasteiger partial charge < -0.3 is 14.8 Å². The topological polar surface area (TPSA) is 105 Å². The number of nitrogens with one attached hydrogen (secondary N) is 1. The number of hydrogen-bond acceptors (Lipinski definition) is 6. The minimum atomic E-state index is -3.72. The monoisotopic (exact) mass is 451 g/mol. The molecule has 2 aromatic heterocycles.